The van der Waals surface area contributed by atoms with E-state index in [0.717, 1.165) is 17.7 Å². The first-order valence-electron chi connectivity index (χ1n) is 9.93. The lowest BCUT2D eigenvalue weighted by Crippen LogP contribution is -2.32. The minimum atomic E-state index is -0.975. The molecule has 0 aliphatic heterocycles. The van der Waals surface area contributed by atoms with E-state index in [1.807, 2.05) is 30.3 Å². The number of nitrogens with zero attached hydrogens (tertiary/aromatic N) is 1. The van der Waals surface area contributed by atoms with Gasteiger partial charge in [0, 0.05) is 12.2 Å². The normalized spacial score (nSPS) is 10.5. The van der Waals surface area contributed by atoms with Crippen molar-refractivity contribution in [2.75, 3.05) is 11.9 Å². The van der Waals surface area contributed by atoms with Crippen LogP contribution in [0.4, 0.5) is 10.1 Å². The molecule has 3 N–H and O–H groups in total. The van der Waals surface area contributed by atoms with Crippen LogP contribution in [0.1, 0.15) is 11.1 Å². The lowest BCUT2D eigenvalue weighted by atomic mass is 10.2. The quantitative estimate of drug-likeness (QED) is 0.280. The molecular weight excluding hydrogens is 427 g/mol. The standard InChI is InChI=1S/C24H21FN4O4/c25-19-8-10-20(11-9-19)28-23(31)24(32)29-27-15-18-6-12-21(13-7-18)33-16-22(30)26-14-17-4-2-1-3-5-17/h1-13,15H,14,16H2,(H,26,30)(H,28,31)(H,29,32)/b27-15-. The van der Waals surface area contributed by atoms with E-state index < -0.39 is 17.6 Å². The number of anilines is 1. The van der Waals surface area contributed by atoms with Gasteiger partial charge in [0.15, 0.2) is 6.61 Å². The molecule has 168 valence electrons. The van der Waals surface area contributed by atoms with Gasteiger partial charge in [0.2, 0.25) is 0 Å². The average molecular weight is 448 g/mol. The number of hydrogen-bond donors (Lipinski definition) is 3. The molecule has 0 heterocycles. The second-order valence-corrected chi connectivity index (χ2v) is 6.78. The highest BCUT2D eigenvalue weighted by molar-refractivity contribution is 6.39. The number of ether oxygens (including phenoxy) is 1. The molecule has 0 saturated heterocycles. The fourth-order valence-corrected chi connectivity index (χ4v) is 2.58. The maximum absolute atomic E-state index is 12.9. The maximum Gasteiger partial charge on any atom is 0.329 e. The zero-order valence-electron chi connectivity index (χ0n) is 17.5. The van der Waals surface area contributed by atoms with E-state index >= 15 is 0 Å². The number of carbonyl (C=O) groups is 3. The van der Waals surface area contributed by atoms with Crippen LogP contribution in [-0.2, 0) is 20.9 Å². The molecule has 0 aliphatic carbocycles. The topological polar surface area (TPSA) is 109 Å². The Bertz CT molecular complexity index is 1120. The highest BCUT2D eigenvalue weighted by Crippen LogP contribution is 2.11. The van der Waals surface area contributed by atoms with Crippen LogP contribution in [0.2, 0.25) is 0 Å². The summed E-state index contributed by atoms with van der Waals surface area (Å²) in [4.78, 5) is 35.5. The monoisotopic (exact) mass is 448 g/mol. The van der Waals surface area contributed by atoms with Gasteiger partial charge in [-0.2, -0.15) is 5.10 Å². The molecule has 0 aliphatic rings. The Kier molecular flexibility index (Phi) is 8.24. The zero-order chi connectivity index (χ0) is 23.5. The predicted molar refractivity (Wildman–Crippen MR) is 121 cm³/mol. The predicted octanol–water partition coefficient (Wildman–Crippen LogP) is 2.61. The van der Waals surface area contributed by atoms with Crippen molar-refractivity contribution in [1.29, 1.82) is 0 Å². The second-order valence-electron chi connectivity index (χ2n) is 6.78. The van der Waals surface area contributed by atoms with Gasteiger partial charge in [-0.1, -0.05) is 30.3 Å². The Morgan fingerprint density at radius 3 is 2.27 bits per heavy atom. The van der Waals surface area contributed by atoms with Gasteiger partial charge in [0.1, 0.15) is 11.6 Å². The third-order valence-electron chi connectivity index (χ3n) is 4.27. The van der Waals surface area contributed by atoms with Gasteiger partial charge in [-0.25, -0.2) is 9.82 Å². The van der Waals surface area contributed by atoms with E-state index in [9.17, 15) is 18.8 Å². The molecule has 0 saturated carbocycles. The first-order chi connectivity index (χ1) is 16.0. The fraction of sp³-hybridized carbons (Fsp3) is 0.0833. The van der Waals surface area contributed by atoms with Crippen molar-refractivity contribution < 1.29 is 23.5 Å². The van der Waals surface area contributed by atoms with Gasteiger partial charge in [0.25, 0.3) is 5.91 Å². The molecule has 0 aromatic heterocycles. The first-order valence-corrected chi connectivity index (χ1v) is 9.93. The molecule has 0 fully saturated rings. The molecule has 0 bridgehead atoms. The van der Waals surface area contributed by atoms with E-state index in [-0.39, 0.29) is 18.2 Å². The maximum atomic E-state index is 12.9. The number of hydrogen-bond acceptors (Lipinski definition) is 5. The minimum Gasteiger partial charge on any atom is -0.484 e. The highest BCUT2D eigenvalue weighted by Gasteiger charge is 2.12. The van der Waals surface area contributed by atoms with Gasteiger partial charge in [-0.15, -0.1) is 0 Å². The van der Waals surface area contributed by atoms with Gasteiger partial charge in [-0.05, 0) is 59.7 Å². The largest absolute Gasteiger partial charge is 0.484 e. The molecule has 33 heavy (non-hydrogen) atoms. The smallest absolute Gasteiger partial charge is 0.329 e. The molecule has 9 heteroatoms. The highest BCUT2D eigenvalue weighted by atomic mass is 19.1. The molecule has 0 atom stereocenters. The number of amides is 3. The Morgan fingerprint density at radius 2 is 1.58 bits per heavy atom. The van der Waals surface area contributed by atoms with Crippen molar-refractivity contribution in [2.45, 2.75) is 6.54 Å². The van der Waals surface area contributed by atoms with Gasteiger partial charge in [0.05, 0.1) is 6.21 Å². The van der Waals surface area contributed by atoms with E-state index in [1.165, 1.54) is 18.3 Å². The zero-order valence-corrected chi connectivity index (χ0v) is 17.5. The third kappa shape index (κ3) is 7.91. The summed E-state index contributed by atoms with van der Waals surface area (Å²) < 4.78 is 18.3. The van der Waals surface area contributed by atoms with Crippen molar-refractivity contribution in [3.05, 3.63) is 95.8 Å². The lowest BCUT2D eigenvalue weighted by Gasteiger charge is -2.08. The van der Waals surface area contributed by atoms with Crippen LogP contribution in [0.15, 0.2) is 84.0 Å². The fourth-order valence-electron chi connectivity index (χ4n) is 2.58. The summed E-state index contributed by atoms with van der Waals surface area (Å²) in [5.41, 5.74) is 4.02. The summed E-state index contributed by atoms with van der Waals surface area (Å²) >= 11 is 0. The summed E-state index contributed by atoms with van der Waals surface area (Å²) in [6.07, 6.45) is 1.35. The number of benzene rings is 3. The van der Waals surface area contributed by atoms with Crippen LogP contribution in [0.3, 0.4) is 0 Å². The van der Waals surface area contributed by atoms with Crippen LogP contribution < -0.4 is 20.8 Å². The SMILES string of the molecule is O=C(COc1ccc(/C=N\NC(=O)C(=O)Nc2ccc(F)cc2)cc1)NCc1ccccc1. The lowest BCUT2D eigenvalue weighted by molar-refractivity contribution is -0.136. The summed E-state index contributed by atoms with van der Waals surface area (Å²) in [6.45, 7) is 0.297. The molecule has 0 unspecified atom stereocenters. The molecule has 3 aromatic carbocycles. The number of halogens is 1. The van der Waals surface area contributed by atoms with Crippen molar-refractivity contribution in [1.82, 2.24) is 10.7 Å². The molecule has 3 amide bonds. The first kappa shape index (κ1) is 23.1. The third-order valence-corrected chi connectivity index (χ3v) is 4.27. The summed E-state index contributed by atoms with van der Waals surface area (Å²) in [7, 11) is 0. The number of hydrazone groups is 1. The van der Waals surface area contributed by atoms with Crippen LogP contribution in [0, 0.1) is 5.82 Å². The van der Waals surface area contributed by atoms with E-state index in [1.54, 1.807) is 24.3 Å². The minimum absolute atomic E-state index is 0.126. The van der Waals surface area contributed by atoms with Crippen molar-refractivity contribution >= 4 is 29.6 Å². The van der Waals surface area contributed by atoms with Crippen LogP contribution >= 0.6 is 0 Å². The van der Waals surface area contributed by atoms with Gasteiger partial charge in [-0.3, -0.25) is 14.4 Å². The second kappa shape index (κ2) is 11.8. The van der Waals surface area contributed by atoms with Crippen molar-refractivity contribution in [3.63, 3.8) is 0 Å². The number of rotatable bonds is 8. The Morgan fingerprint density at radius 1 is 0.879 bits per heavy atom. The Hall–Kier alpha value is -4.53. The molecule has 3 rings (SSSR count). The van der Waals surface area contributed by atoms with Crippen LogP contribution in [0.25, 0.3) is 0 Å². The number of nitrogens with one attached hydrogen (secondary N) is 3. The van der Waals surface area contributed by atoms with Gasteiger partial charge >= 0.3 is 11.8 Å². The molecular formula is C24H21FN4O4. The summed E-state index contributed by atoms with van der Waals surface area (Å²) in [5, 5.41) is 8.82. The molecule has 8 nitrogen and oxygen atoms in total. The van der Waals surface area contributed by atoms with Crippen molar-refractivity contribution in [3.8, 4) is 5.75 Å². The molecule has 0 spiro atoms. The molecule has 3 aromatic rings. The van der Waals surface area contributed by atoms with Crippen molar-refractivity contribution in [2.24, 2.45) is 5.10 Å². The van der Waals surface area contributed by atoms with Gasteiger partial charge < -0.3 is 15.4 Å². The van der Waals surface area contributed by atoms with E-state index in [0.29, 0.717) is 17.9 Å². The average Bonchev–Trinajstić information content (AvgIpc) is 2.84. The van der Waals surface area contributed by atoms with Crippen LogP contribution in [-0.4, -0.2) is 30.5 Å². The summed E-state index contributed by atoms with van der Waals surface area (Å²) in [5.74, 6) is -2.12. The van der Waals surface area contributed by atoms with E-state index in [2.05, 4.69) is 21.2 Å². The number of carbonyl (C=O) groups excluding carboxylic acids is 3. The molecule has 0 radical (unpaired) electrons. The van der Waals surface area contributed by atoms with Crippen LogP contribution in [0.5, 0.6) is 5.75 Å². The Labute approximate surface area is 189 Å². The van der Waals surface area contributed by atoms with E-state index in [4.69, 9.17) is 4.74 Å². The summed E-state index contributed by atoms with van der Waals surface area (Å²) in [6, 6.07) is 21.2. The Balaban J connectivity index is 1.39.